The predicted molar refractivity (Wildman–Crippen MR) is 80.6 cm³/mol. The van der Waals surface area contributed by atoms with Gasteiger partial charge in [-0.3, -0.25) is 4.79 Å². The smallest absolute Gasteiger partial charge is 0.311 e. The Labute approximate surface area is 132 Å². The quantitative estimate of drug-likeness (QED) is 0.222. The second-order valence-electron chi connectivity index (χ2n) is 6.60. The molecule has 0 radical (unpaired) electrons. The number of esters is 1. The fraction of sp³-hybridized carbons (Fsp3) is 0.938. The van der Waals surface area contributed by atoms with Crippen molar-refractivity contribution >= 4 is 5.97 Å². The molecule has 0 bridgehead atoms. The summed E-state index contributed by atoms with van der Waals surface area (Å²) in [5.74, 6) is -0.301. The van der Waals surface area contributed by atoms with Gasteiger partial charge in [-0.1, -0.05) is 19.8 Å². The molecule has 1 rings (SSSR count). The monoisotopic (exact) mass is 318 g/mol. The van der Waals surface area contributed by atoms with Crippen LogP contribution in [-0.2, 0) is 19.3 Å². The highest BCUT2D eigenvalue weighted by Gasteiger charge is 2.30. The van der Waals surface area contributed by atoms with E-state index in [1.54, 1.807) is 0 Å². The first-order valence-corrected chi connectivity index (χ1v) is 8.16. The van der Waals surface area contributed by atoms with E-state index in [2.05, 4.69) is 0 Å². The standard InChI is InChI=1S/C16H30O6/c1-4-16(2,3)15(19)20-9-10-21-22-11-12-7-5-6-8-13(12)14(17)18/h12-14,17-18H,4-11H2,1-3H3. The molecule has 0 aromatic carbocycles. The summed E-state index contributed by atoms with van der Waals surface area (Å²) in [6.45, 7) is 6.28. The third-order valence-electron chi connectivity index (χ3n) is 4.55. The number of carbonyl (C=O) groups is 1. The third-order valence-corrected chi connectivity index (χ3v) is 4.55. The molecule has 0 amide bonds. The van der Waals surface area contributed by atoms with Crippen molar-refractivity contribution in [1.29, 1.82) is 0 Å². The summed E-state index contributed by atoms with van der Waals surface area (Å²) in [6, 6.07) is 0. The van der Waals surface area contributed by atoms with Gasteiger partial charge < -0.3 is 14.9 Å². The van der Waals surface area contributed by atoms with Gasteiger partial charge in [0.25, 0.3) is 0 Å². The van der Waals surface area contributed by atoms with Crippen LogP contribution in [0.5, 0.6) is 0 Å². The summed E-state index contributed by atoms with van der Waals surface area (Å²) in [5, 5.41) is 18.7. The van der Waals surface area contributed by atoms with E-state index in [0.717, 1.165) is 32.1 Å². The zero-order chi connectivity index (χ0) is 16.6. The molecule has 6 heteroatoms. The Balaban J connectivity index is 2.13. The van der Waals surface area contributed by atoms with Crippen molar-refractivity contribution in [3.8, 4) is 0 Å². The summed E-state index contributed by atoms with van der Waals surface area (Å²) in [4.78, 5) is 21.9. The number of aliphatic hydroxyl groups is 2. The van der Waals surface area contributed by atoms with Crippen molar-refractivity contribution in [2.75, 3.05) is 19.8 Å². The number of carbonyl (C=O) groups excluding carboxylic acids is 1. The number of rotatable bonds is 9. The third kappa shape index (κ3) is 6.20. The number of aliphatic hydroxyl groups excluding tert-OH is 1. The van der Waals surface area contributed by atoms with E-state index in [0.29, 0.717) is 6.61 Å². The first-order valence-electron chi connectivity index (χ1n) is 8.16. The Morgan fingerprint density at radius 3 is 2.50 bits per heavy atom. The van der Waals surface area contributed by atoms with E-state index < -0.39 is 11.7 Å². The van der Waals surface area contributed by atoms with Crippen molar-refractivity contribution in [3.05, 3.63) is 0 Å². The second-order valence-corrected chi connectivity index (χ2v) is 6.60. The van der Waals surface area contributed by atoms with Crippen molar-refractivity contribution in [3.63, 3.8) is 0 Å². The van der Waals surface area contributed by atoms with E-state index in [1.807, 2.05) is 20.8 Å². The fourth-order valence-electron chi connectivity index (χ4n) is 2.54. The van der Waals surface area contributed by atoms with Gasteiger partial charge in [0, 0.05) is 5.92 Å². The largest absolute Gasteiger partial charge is 0.463 e. The lowest BCUT2D eigenvalue weighted by atomic mass is 9.79. The van der Waals surface area contributed by atoms with E-state index in [1.165, 1.54) is 0 Å². The molecule has 1 aliphatic rings. The Bertz CT molecular complexity index is 329. The van der Waals surface area contributed by atoms with Gasteiger partial charge in [-0.05, 0) is 39.0 Å². The number of ether oxygens (including phenoxy) is 1. The number of hydrogen-bond acceptors (Lipinski definition) is 6. The van der Waals surface area contributed by atoms with Gasteiger partial charge in [0.15, 0.2) is 6.29 Å². The van der Waals surface area contributed by atoms with Gasteiger partial charge in [0.05, 0.1) is 12.0 Å². The minimum Gasteiger partial charge on any atom is -0.463 e. The second kappa shape index (κ2) is 9.45. The highest BCUT2D eigenvalue weighted by Crippen LogP contribution is 2.32. The zero-order valence-corrected chi connectivity index (χ0v) is 13.9. The van der Waals surface area contributed by atoms with Crippen LogP contribution in [0.15, 0.2) is 0 Å². The Morgan fingerprint density at radius 2 is 1.86 bits per heavy atom. The van der Waals surface area contributed by atoms with Crippen molar-refractivity contribution in [2.24, 2.45) is 17.3 Å². The summed E-state index contributed by atoms with van der Waals surface area (Å²) in [7, 11) is 0. The molecule has 1 aliphatic carbocycles. The molecule has 0 saturated heterocycles. The van der Waals surface area contributed by atoms with E-state index >= 15 is 0 Å². The van der Waals surface area contributed by atoms with Gasteiger partial charge in [0.2, 0.25) is 0 Å². The van der Waals surface area contributed by atoms with Crippen molar-refractivity contribution in [2.45, 2.75) is 59.2 Å². The van der Waals surface area contributed by atoms with Crippen LogP contribution in [0.3, 0.4) is 0 Å². The van der Waals surface area contributed by atoms with Crippen LogP contribution >= 0.6 is 0 Å². The Hall–Kier alpha value is -0.690. The summed E-state index contributed by atoms with van der Waals surface area (Å²) < 4.78 is 5.13. The van der Waals surface area contributed by atoms with Gasteiger partial charge in [-0.25, -0.2) is 9.78 Å². The highest BCUT2D eigenvalue weighted by molar-refractivity contribution is 5.75. The molecule has 0 aromatic rings. The van der Waals surface area contributed by atoms with Crippen LogP contribution in [0, 0.1) is 17.3 Å². The Morgan fingerprint density at radius 1 is 1.18 bits per heavy atom. The average molecular weight is 318 g/mol. The molecule has 0 aliphatic heterocycles. The summed E-state index contributed by atoms with van der Waals surface area (Å²) in [5.41, 5.74) is -0.479. The maximum absolute atomic E-state index is 11.7. The minimum atomic E-state index is -1.30. The highest BCUT2D eigenvalue weighted by atomic mass is 17.2. The number of hydrogen-bond donors (Lipinski definition) is 2. The first kappa shape index (κ1) is 19.4. The maximum atomic E-state index is 11.7. The van der Waals surface area contributed by atoms with Gasteiger partial charge in [-0.2, -0.15) is 0 Å². The minimum absolute atomic E-state index is 0.0929. The van der Waals surface area contributed by atoms with Crippen LogP contribution in [0.25, 0.3) is 0 Å². The normalized spacial score (nSPS) is 22.8. The van der Waals surface area contributed by atoms with Crippen LogP contribution in [0.1, 0.15) is 52.9 Å². The summed E-state index contributed by atoms with van der Waals surface area (Å²) >= 11 is 0. The molecule has 1 fully saturated rings. The summed E-state index contributed by atoms with van der Waals surface area (Å²) in [6.07, 6.45) is 3.21. The van der Waals surface area contributed by atoms with Gasteiger partial charge >= 0.3 is 5.97 Å². The van der Waals surface area contributed by atoms with Crippen molar-refractivity contribution in [1.82, 2.24) is 0 Å². The van der Waals surface area contributed by atoms with Crippen LogP contribution in [0.4, 0.5) is 0 Å². The van der Waals surface area contributed by atoms with Gasteiger partial charge in [0.1, 0.15) is 13.2 Å². The van der Waals surface area contributed by atoms with Crippen molar-refractivity contribution < 1.29 is 29.5 Å². The molecule has 0 heterocycles. The molecule has 2 N–H and O–H groups in total. The topological polar surface area (TPSA) is 85.2 Å². The van der Waals surface area contributed by atoms with E-state index in [9.17, 15) is 15.0 Å². The Kier molecular flexibility index (Phi) is 8.31. The molecule has 130 valence electrons. The maximum Gasteiger partial charge on any atom is 0.311 e. The SMILES string of the molecule is CCC(C)(C)C(=O)OCCOOCC1CCCCC1C(O)O. The predicted octanol–water partition coefficient (Wildman–Crippen LogP) is 2.03. The lowest BCUT2D eigenvalue weighted by molar-refractivity contribution is -0.311. The molecule has 2 unspecified atom stereocenters. The molecule has 2 atom stereocenters. The lowest BCUT2D eigenvalue weighted by Gasteiger charge is -2.31. The van der Waals surface area contributed by atoms with Gasteiger partial charge in [-0.15, -0.1) is 0 Å². The molecule has 1 saturated carbocycles. The zero-order valence-electron chi connectivity index (χ0n) is 13.9. The van der Waals surface area contributed by atoms with Crippen LogP contribution < -0.4 is 0 Å². The average Bonchev–Trinajstić information content (AvgIpc) is 2.50. The van der Waals surface area contributed by atoms with E-state index in [-0.39, 0.29) is 31.0 Å². The first-order chi connectivity index (χ1) is 10.4. The lowest BCUT2D eigenvalue weighted by Crippen LogP contribution is -2.33. The molecule has 0 aromatic heterocycles. The van der Waals surface area contributed by atoms with Crippen LogP contribution in [0.2, 0.25) is 0 Å². The molecular formula is C16H30O6. The fourth-order valence-corrected chi connectivity index (χ4v) is 2.54. The van der Waals surface area contributed by atoms with E-state index in [4.69, 9.17) is 14.5 Å². The molecule has 6 nitrogen and oxygen atoms in total. The molecular weight excluding hydrogens is 288 g/mol. The molecule has 22 heavy (non-hydrogen) atoms. The molecule has 0 spiro atoms. The van der Waals surface area contributed by atoms with Crippen LogP contribution in [-0.4, -0.2) is 42.3 Å².